The summed E-state index contributed by atoms with van der Waals surface area (Å²) in [5, 5.41) is 10.00. The quantitative estimate of drug-likeness (QED) is 0.462. The van der Waals surface area contributed by atoms with Gasteiger partial charge in [-0.05, 0) is 29.3 Å². The smallest absolute Gasteiger partial charge is 0.326 e. The van der Waals surface area contributed by atoms with Gasteiger partial charge in [0.1, 0.15) is 24.0 Å². The molecular formula is C25H21FN2O5. The molecule has 0 spiro atoms. The Morgan fingerprint density at radius 3 is 2.79 bits per heavy atom. The molecule has 33 heavy (non-hydrogen) atoms. The van der Waals surface area contributed by atoms with Gasteiger partial charge in [-0.1, -0.05) is 36.4 Å². The number of aromatic nitrogens is 1. The van der Waals surface area contributed by atoms with Gasteiger partial charge in [-0.15, -0.1) is 0 Å². The van der Waals surface area contributed by atoms with Crippen LogP contribution < -0.4 is 14.4 Å². The second-order valence-electron chi connectivity index (χ2n) is 7.80. The lowest BCUT2D eigenvalue weighted by atomic mass is 9.93. The van der Waals surface area contributed by atoms with Crippen LogP contribution >= 0.6 is 0 Å². The van der Waals surface area contributed by atoms with E-state index in [4.69, 9.17) is 13.9 Å². The maximum atomic E-state index is 13.6. The number of oxazole rings is 1. The zero-order chi connectivity index (χ0) is 22.9. The van der Waals surface area contributed by atoms with Crippen LogP contribution in [0.15, 0.2) is 65.1 Å². The summed E-state index contributed by atoms with van der Waals surface area (Å²) in [5.41, 5.74) is 3.37. The monoisotopic (exact) mass is 448 g/mol. The molecule has 4 aromatic rings. The highest BCUT2D eigenvalue weighted by Crippen LogP contribution is 2.40. The highest BCUT2D eigenvalue weighted by molar-refractivity contribution is 5.81. The summed E-state index contributed by atoms with van der Waals surface area (Å²) in [6.07, 6.45) is 0.166. The van der Waals surface area contributed by atoms with Crippen LogP contribution in [0.1, 0.15) is 16.7 Å². The maximum Gasteiger partial charge on any atom is 0.326 e. The van der Waals surface area contributed by atoms with Crippen LogP contribution in [0.25, 0.3) is 11.1 Å². The number of halogens is 1. The lowest BCUT2D eigenvalue weighted by Gasteiger charge is -2.34. The van der Waals surface area contributed by atoms with Crippen LogP contribution in [0.3, 0.4) is 0 Å². The van der Waals surface area contributed by atoms with Crippen LogP contribution in [0.5, 0.6) is 11.5 Å². The number of aliphatic carboxylic acids is 1. The molecule has 0 saturated carbocycles. The lowest BCUT2D eigenvalue weighted by Crippen LogP contribution is -2.46. The molecular weight excluding hydrogens is 427 g/mol. The molecule has 168 valence electrons. The summed E-state index contributed by atoms with van der Waals surface area (Å²) in [5.74, 6) is -0.397. The first-order chi connectivity index (χ1) is 16.0. The van der Waals surface area contributed by atoms with Gasteiger partial charge in [-0.2, -0.15) is 4.98 Å². The Morgan fingerprint density at radius 2 is 2.03 bits per heavy atom. The van der Waals surface area contributed by atoms with Crippen molar-refractivity contribution in [3.63, 3.8) is 0 Å². The number of benzene rings is 3. The van der Waals surface area contributed by atoms with Gasteiger partial charge in [0.2, 0.25) is 0 Å². The van der Waals surface area contributed by atoms with Gasteiger partial charge in [0, 0.05) is 24.6 Å². The number of hydrogen-bond acceptors (Lipinski definition) is 6. The van der Waals surface area contributed by atoms with Crippen molar-refractivity contribution in [2.45, 2.75) is 25.6 Å². The first-order valence-electron chi connectivity index (χ1n) is 10.4. The third kappa shape index (κ3) is 3.95. The van der Waals surface area contributed by atoms with E-state index in [1.807, 2.05) is 36.4 Å². The molecule has 0 amide bonds. The van der Waals surface area contributed by atoms with Crippen molar-refractivity contribution in [2.75, 3.05) is 12.0 Å². The zero-order valence-electron chi connectivity index (χ0n) is 17.8. The fraction of sp³-hybridized carbons (Fsp3) is 0.200. The minimum absolute atomic E-state index is 0.135. The Balaban J connectivity index is 1.52. The van der Waals surface area contributed by atoms with E-state index in [0.29, 0.717) is 23.6 Å². The van der Waals surface area contributed by atoms with Gasteiger partial charge in [-0.25, -0.2) is 9.18 Å². The lowest BCUT2D eigenvalue weighted by molar-refractivity contribution is -0.138. The molecule has 2 heterocycles. The van der Waals surface area contributed by atoms with Crippen LogP contribution in [0.2, 0.25) is 0 Å². The highest BCUT2D eigenvalue weighted by atomic mass is 19.1. The molecule has 1 aliphatic rings. The van der Waals surface area contributed by atoms with Gasteiger partial charge < -0.3 is 23.9 Å². The number of ether oxygens (including phenoxy) is 2. The Labute approximate surface area is 189 Å². The van der Waals surface area contributed by atoms with Gasteiger partial charge in [0.25, 0.3) is 6.01 Å². The number of methoxy groups -OCH3 is 1. The summed E-state index contributed by atoms with van der Waals surface area (Å²) in [4.78, 5) is 18.2. The summed E-state index contributed by atoms with van der Waals surface area (Å²) in [7, 11) is 1.55. The average Bonchev–Trinajstić information content (AvgIpc) is 3.25. The number of hydrogen-bond donors (Lipinski definition) is 1. The van der Waals surface area contributed by atoms with Gasteiger partial charge in [-0.3, -0.25) is 0 Å². The molecule has 0 fully saturated rings. The number of carbonyl (C=O) groups is 1. The van der Waals surface area contributed by atoms with Crippen LogP contribution in [0.4, 0.5) is 10.4 Å². The first-order valence-corrected chi connectivity index (χ1v) is 10.4. The SMILES string of the molecule is COc1ccc2c(c1OCc1ccccc1)C[C@@H](C(=O)O)N(c1nc3ccc(F)cc3o1)C2. The fourth-order valence-corrected chi connectivity index (χ4v) is 4.10. The van der Waals surface area contributed by atoms with Gasteiger partial charge in [0.15, 0.2) is 17.1 Å². The predicted octanol–water partition coefficient (Wildman–Crippen LogP) is 4.57. The third-order valence-electron chi connectivity index (χ3n) is 5.75. The Morgan fingerprint density at radius 1 is 1.21 bits per heavy atom. The molecule has 0 aliphatic carbocycles. The number of anilines is 1. The molecule has 0 unspecified atom stereocenters. The summed E-state index contributed by atoms with van der Waals surface area (Å²) < 4.78 is 30.9. The van der Waals surface area contributed by atoms with Crippen LogP contribution in [-0.4, -0.2) is 29.2 Å². The molecule has 7 nitrogen and oxygen atoms in total. The van der Waals surface area contributed by atoms with E-state index >= 15 is 0 Å². The number of fused-ring (bicyclic) bond motifs is 2. The van der Waals surface area contributed by atoms with Crippen molar-refractivity contribution in [2.24, 2.45) is 0 Å². The zero-order valence-corrected chi connectivity index (χ0v) is 17.8. The Kier molecular flexibility index (Phi) is 5.34. The molecule has 3 aromatic carbocycles. The minimum Gasteiger partial charge on any atom is -0.493 e. The Bertz CT molecular complexity index is 1320. The Hall–Kier alpha value is -4.07. The number of carboxylic acids is 1. The topological polar surface area (TPSA) is 85.0 Å². The fourth-order valence-electron chi connectivity index (χ4n) is 4.10. The van der Waals surface area contributed by atoms with Gasteiger partial charge >= 0.3 is 5.97 Å². The van der Waals surface area contributed by atoms with Crippen LogP contribution in [-0.2, 0) is 24.4 Å². The van der Waals surface area contributed by atoms with Crippen molar-refractivity contribution in [3.05, 3.63) is 83.2 Å². The summed E-state index contributed by atoms with van der Waals surface area (Å²) in [6, 6.07) is 16.6. The van der Waals surface area contributed by atoms with E-state index in [9.17, 15) is 14.3 Å². The summed E-state index contributed by atoms with van der Waals surface area (Å²) >= 11 is 0. The highest BCUT2D eigenvalue weighted by Gasteiger charge is 2.36. The molecule has 1 aromatic heterocycles. The molecule has 1 atom stereocenters. The van der Waals surface area contributed by atoms with Crippen LogP contribution in [0, 0.1) is 5.82 Å². The standard InChI is InChI=1S/C25H21FN2O5/c1-31-21-10-7-16-13-28(25-27-19-9-8-17(26)11-22(19)33-25)20(24(29)30)12-18(16)23(21)32-14-15-5-3-2-4-6-15/h2-11,20H,12-14H2,1H3,(H,29,30)/t20-/m0/s1. The van der Waals surface area contributed by atoms with Crippen molar-refractivity contribution < 1.29 is 28.2 Å². The van der Waals surface area contributed by atoms with E-state index < -0.39 is 17.8 Å². The normalized spacial score (nSPS) is 15.3. The molecule has 1 aliphatic heterocycles. The summed E-state index contributed by atoms with van der Waals surface area (Å²) in [6.45, 7) is 0.569. The third-order valence-corrected chi connectivity index (χ3v) is 5.75. The van der Waals surface area contributed by atoms with Crippen molar-refractivity contribution >= 4 is 23.1 Å². The number of rotatable bonds is 6. The second-order valence-corrected chi connectivity index (χ2v) is 7.80. The van der Waals surface area contributed by atoms with E-state index in [2.05, 4.69) is 4.98 Å². The van der Waals surface area contributed by atoms with E-state index in [0.717, 1.165) is 16.7 Å². The molecule has 0 saturated heterocycles. The second kappa shape index (κ2) is 8.46. The minimum atomic E-state index is -1.02. The van der Waals surface area contributed by atoms with Crippen molar-refractivity contribution in [1.82, 2.24) is 4.98 Å². The molecule has 5 rings (SSSR count). The van der Waals surface area contributed by atoms with Crippen molar-refractivity contribution in [3.8, 4) is 11.5 Å². The largest absolute Gasteiger partial charge is 0.493 e. The number of nitrogens with zero attached hydrogens (tertiary/aromatic N) is 2. The maximum absolute atomic E-state index is 13.6. The van der Waals surface area contributed by atoms with Gasteiger partial charge in [0.05, 0.1) is 7.11 Å². The first kappa shape index (κ1) is 20.8. The molecule has 0 bridgehead atoms. The molecule has 0 radical (unpaired) electrons. The van der Waals surface area contributed by atoms with E-state index in [-0.39, 0.29) is 24.6 Å². The molecule has 8 heteroatoms. The average molecular weight is 448 g/mol. The van der Waals surface area contributed by atoms with E-state index in [1.54, 1.807) is 18.1 Å². The predicted molar refractivity (Wildman–Crippen MR) is 119 cm³/mol. The molecule has 1 N–H and O–H groups in total. The van der Waals surface area contributed by atoms with Crippen molar-refractivity contribution in [1.29, 1.82) is 0 Å². The van der Waals surface area contributed by atoms with E-state index in [1.165, 1.54) is 18.2 Å². The number of carboxylic acid groups (broad SMARTS) is 1.